The van der Waals surface area contributed by atoms with Gasteiger partial charge in [-0.2, -0.15) is 0 Å². The lowest BCUT2D eigenvalue weighted by Gasteiger charge is -2.29. The maximum absolute atomic E-state index is 5.82. The molecule has 2 N–H and O–H groups in total. The highest BCUT2D eigenvalue weighted by Gasteiger charge is 2.24. The minimum absolute atomic E-state index is 0.231. The molecule has 0 bridgehead atoms. The second-order valence-electron chi connectivity index (χ2n) is 4.64. The van der Waals surface area contributed by atoms with Crippen LogP contribution in [0.5, 0.6) is 0 Å². The van der Waals surface area contributed by atoms with Crippen molar-refractivity contribution < 1.29 is 0 Å². The van der Waals surface area contributed by atoms with Gasteiger partial charge in [-0.3, -0.25) is 0 Å². The second-order valence-corrected chi connectivity index (χ2v) is 6.74. The summed E-state index contributed by atoms with van der Waals surface area (Å²) in [6.07, 6.45) is 0. The molecule has 0 heterocycles. The third-order valence-electron chi connectivity index (χ3n) is 2.29. The van der Waals surface area contributed by atoms with E-state index in [1.165, 1.54) is 4.90 Å². The first-order valence-electron chi connectivity index (χ1n) is 5.06. The van der Waals surface area contributed by atoms with Crippen molar-refractivity contribution in [1.82, 2.24) is 0 Å². The van der Waals surface area contributed by atoms with Crippen LogP contribution in [0.25, 0.3) is 0 Å². The molecule has 0 saturated heterocycles. The van der Waals surface area contributed by atoms with Gasteiger partial charge in [-0.1, -0.05) is 32.9 Å². The topological polar surface area (TPSA) is 26.0 Å². The molecule has 0 aliphatic rings. The molecule has 0 aliphatic carbocycles. The van der Waals surface area contributed by atoms with Gasteiger partial charge in [0, 0.05) is 21.2 Å². The Morgan fingerprint density at radius 3 is 2.40 bits per heavy atom. The Hall–Kier alpha value is 0.01000. The summed E-state index contributed by atoms with van der Waals surface area (Å²) in [5.41, 5.74) is 6.05. The van der Waals surface area contributed by atoms with E-state index in [1.807, 2.05) is 17.8 Å². The predicted molar refractivity (Wildman–Crippen MR) is 72.3 cm³/mol. The molecule has 84 valence electrons. The second kappa shape index (κ2) is 5.37. The number of hydrogen-bond acceptors (Lipinski definition) is 2. The van der Waals surface area contributed by atoms with Crippen LogP contribution in [0.4, 0.5) is 0 Å². The zero-order valence-corrected chi connectivity index (χ0v) is 11.9. The van der Waals surface area contributed by atoms with Crippen molar-refractivity contribution in [3.8, 4) is 0 Å². The van der Waals surface area contributed by atoms with Crippen LogP contribution in [0, 0.1) is 5.41 Å². The molecule has 1 nitrogen and oxygen atoms in total. The summed E-state index contributed by atoms with van der Waals surface area (Å²) in [6, 6.07) is 8.29. The monoisotopic (exact) mass is 287 g/mol. The first-order chi connectivity index (χ1) is 6.95. The van der Waals surface area contributed by atoms with E-state index in [9.17, 15) is 0 Å². The molecular formula is C12H18BrNS. The van der Waals surface area contributed by atoms with Crippen molar-refractivity contribution in [2.75, 3.05) is 6.54 Å². The predicted octanol–water partition coefficient (Wildman–Crippen LogP) is 3.91. The van der Waals surface area contributed by atoms with Gasteiger partial charge in [0.15, 0.2) is 0 Å². The van der Waals surface area contributed by atoms with E-state index in [0.29, 0.717) is 11.8 Å². The fraction of sp³-hybridized carbons (Fsp3) is 0.500. The van der Waals surface area contributed by atoms with E-state index in [4.69, 9.17) is 5.73 Å². The van der Waals surface area contributed by atoms with Crippen LogP contribution in [0.15, 0.2) is 33.6 Å². The molecule has 1 aromatic rings. The van der Waals surface area contributed by atoms with Crippen molar-refractivity contribution in [3.63, 3.8) is 0 Å². The fourth-order valence-electron chi connectivity index (χ4n) is 1.27. The van der Waals surface area contributed by atoms with Gasteiger partial charge in [0.1, 0.15) is 0 Å². The van der Waals surface area contributed by atoms with E-state index >= 15 is 0 Å². The molecule has 1 unspecified atom stereocenters. The van der Waals surface area contributed by atoms with Crippen LogP contribution in [0.3, 0.4) is 0 Å². The van der Waals surface area contributed by atoms with Crippen molar-refractivity contribution in [2.24, 2.45) is 11.1 Å². The van der Waals surface area contributed by atoms with Crippen LogP contribution >= 0.6 is 27.7 Å². The number of hydrogen-bond donors (Lipinski definition) is 1. The van der Waals surface area contributed by atoms with Gasteiger partial charge in [0.25, 0.3) is 0 Å². The van der Waals surface area contributed by atoms with Gasteiger partial charge in [-0.05, 0) is 33.5 Å². The Balaban J connectivity index is 2.80. The number of rotatable bonds is 3. The van der Waals surface area contributed by atoms with E-state index in [-0.39, 0.29) is 5.41 Å². The van der Waals surface area contributed by atoms with Gasteiger partial charge >= 0.3 is 0 Å². The molecular weight excluding hydrogens is 270 g/mol. The molecule has 15 heavy (non-hydrogen) atoms. The normalized spacial score (nSPS) is 13.9. The Morgan fingerprint density at radius 2 is 1.93 bits per heavy atom. The molecule has 0 aromatic heterocycles. The van der Waals surface area contributed by atoms with Crippen molar-refractivity contribution in [3.05, 3.63) is 28.7 Å². The third-order valence-corrected chi connectivity index (χ3v) is 5.03. The van der Waals surface area contributed by atoms with Crippen LogP contribution in [-0.4, -0.2) is 11.8 Å². The molecule has 1 aromatic carbocycles. The van der Waals surface area contributed by atoms with Crippen LogP contribution in [0.2, 0.25) is 0 Å². The number of halogens is 1. The quantitative estimate of drug-likeness (QED) is 0.853. The lowest BCUT2D eigenvalue weighted by atomic mass is 9.92. The first kappa shape index (κ1) is 13.1. The Bertz CT molecular complexity index is 320. The van der Waals surface area contributed by atoms with Crippen molar-refractivity contribution in [1.29, 1.82) is 0 Å². The van der Waals surface area contributed by atoms with E-state index in [0.717, 1.165) is 4.47 Å². The zero-order valence-electron chi connectivity index (χ0n) is 9.46. The molecule has 0 spiro atoms. The summed E-state index contributed by atoms with van der Waals surface area (Å²) in [5.74, 6) is 0. The summed E-state index contributed by atoms with van der Waals surface area (Å²) < 4.78 is 1.15. The number of benzene rings is 1. The molecule has 3 heteroatoms. The van der Waals surface area contributed by atoms with Crippen molar-refractivity contribution >= 4 is 27.7 Å². The highest BCUT2D eigenvalue weighted by Crippen LogP contribution is 2.37. The molecule has 0 saturated carbocycles. The first-order valence-corrected chi connectivity index (χ1v) is 6.73. The minimum Gasteiger partial charge on any atom is -0.329 e. The van der Waals surface area contributed by atoms with Crippen molar-refractivity contribution in [2.45, 2.75) is 30.9 Å². The molecule has 0 amide bonds. The maximum atomic E-state index is 5.82. The van der Waals surface area contributed by atoms with Gasteiger partial charge in [-0.25, -0.2) is 0 Å². The third kappa shape index (κ3) is 3.82. The Kier molecular flexibility index (Phi) is 4.68. The largest absolute Gasteiger partial charge is 0.329 e. The minimum atomic E-state index is 0.231. The zero-order chi connectivity index (χ0) is 11.5. The summed E-state index contributed by atoms with van der Waals surface area (Å²) in [7, 11) is 0. The Morgan fingerprint density at radius 1 is 1.33 bits per heavy atom. The fourth-order valence-corrected chi connectivity index (χ4v) is 2.93. The number of nitrogens with two attached hydrogens (primary N) is 1. The smallest absolute Gasteiger partial charge is 0.0311 e. The maximum Gasteiger partial charge on any atom is 0.0311 e. The standard InChI is InChI=1S/C12H18BrNS/c1-12(2,3)11(8-14)15-10-7-5-4-6-9(10)13/h4-7,11H,8,14H2,1-3H3. The molecule has 0 aliphatic heterocycles. The average Bonchev–Trinajstić information content (AvgIpc) is 2.14. The number of thioether (sulfide) groups is 1. The van der Waals surface area contributed by atoms with Gasteiger partial charge in [0.2, 0.25) is 0 Å². The molecule has 0 radical (unpaired) electrons. The Labute approximate surface area is 105 Å². The summed E-state index contributed by atoms with van der Waals surface area (Å²) in [5, 5.41) is 0.441. The molecule has 1 atom stereocenters. The summed E-state index contributed by atoms with van der Waals surface area (Å²) >= 11 is 5.41. The lowest BCUT2D eigenvalue weighted by molar-refractivity contribution is 0.398. The molecule has 0 fully saturated rings. The van der Waals surface area contributed by atoms with Crippen LogP contribution < -0.4 is 5.73 Å². The van der Waals surface area contributed by atoms with Gasteiger partial charge < -0.3 is 5.73 Å². The van der Waals surface area contributed by atoms with E-state index < -0.39 is 0 Å². The van der Waals surface area contributed by atoms with E-state index in [1.54, 1.807) is 0 Å². The lowest BCUT2D eigenvalue weighted by Crippen LogP contribution is -2.30. The van der Waals surface area contributed by atoms with E-state index in [2.05, 4.69) is 54.9 Å². The highest BCUT2D eigenvalue weighted by atomic mass is 79.9. The highest BCUT2D eigenvalue weighted by molar-refractivity contribution is 9.10. The summed E-state index contributed by atoms with van der Waals surface area (Å²) in [4.78, 5) is 1.27. The SMILES string of the molecule is CC(C)(C)C(CN)Sc1ccccc1Br. The van der Waals surface area contributed by atoms with Crippen LogP contribution in [0.1, 0.15) is 20.8 Å². The van der Waals surface area contributed by atoms with Gasteiger partial charge in [0.05, 0.1) is 0 Å². The van der Waals surface area contributed by atoms with Crippen LogP contribution in [-0.2, 0) is 0 Å². The summed E-state index contributed by atoms with van der Waals surface area (Å²) in [6.45, 7) is 7.40. The molecule has 1 rings (SSSR count). The van der Waals surface area contributed by atoms with Gasteiger partial charge in [-0.15, -0.1) is 11.8 Å². The average molecular weight is 288 g/mol.